The van der Waals surface area contributed by atoms with Crippen molar-refractivity contribution in [2.24, 2.45) is 10.9 Å². The molecule has 0 aromatic carbocycles. The molecule has 0 bridgehead atoms. The fourth-order valence-corrected chi connectivity index (χ4v) is 3.41. The van der Waals surface area contributed by atoms with Gasteiger partial charge in [0.1, 0.15) is 0 Å². The number of carbonyl (C=O) groups excluding carboxylic acids is 1. The average Bonchev–Trinajstić information content (AvgIpc) is 2.58. The Labute approximate surface area is 151 Å². The maximum atomic E-state index is 12.6. The third-order valence-corrected chi connectivity index (χ3v) is 5.54. The number of rotatable bonds is 7. The van der Waals surface area contributed by atoms with E-state index in [1.165, 1.54) is 7.11 Å². The van der Waals surface area contributed by atoms with Crippen molar-refractivity contribution in [3.05, 3.63) is 0 Å². The zero-order valence-electron chi connectivity index (χ0n) is 14.8. The van der Waals surface area contributed by atoms with Gasteiger partial charge in [-0.1, -0.05) is 0 Å². The summed E-state index contributed by atoms with van der Waals surface area (Å²) in [6, 6.07) is 0. The first-order valence-corrected chi connectivity index (χ1v) is 9.71. The maximum Gasteiger partial charge on any atom is 0.511 e. The van der Waals surface area contributed by atoms with Gasteiger partial charge in [-0.25, -0.2) is 8.42 Å². The Kier molecular flexibility index (Phi) is 8.60. The molecular weight excluding hydrogens is 377 g/mol. The highest BCUT2D eigenvalue weighted by Crippen LogP contribution is 2.30. The number of piperidine rings is 1. The molecule has 0 aliphatic carbocycles. The summed E-state index contributed by atoms with van der Waals surface area (Å²) >= 11 is 0. The summed E-state index contributed by atoms with van der Waals surface area (Å²) in [6.45, 7) is 2.82. The van der Waals surface area contributed by atoms with Crippen LogP contribution in [0, 0.1) is 5.92 Å². The number of methoxy groups -OCH3 is 1. The number of sulfonamides is 1. The second-order valence-electron chi connectivity index (χ2n) is 5.77. The van der Waals surface area contributed by atoms with Gasteiger partial charge in [0, 0.05) is 32.7 Å². The lowest BCUT2D eigenvalue weighted by molar-refractivity contribution is -0.140. The Bertz CT molecular complexity index is 587. The van der Waals surface area contributed by atoms with E-state index in [0.717, 1.165) is 0 Å². The monoisotopic (exact) mass is 402 g/mol. The van der Waals surface area contributed by atoms with Crippen molar-refractivity contribution in [2.45, 2.75) is 31.7 Å². The Hall–Kier alpha value is -1.56. The molecule has 26 heavy (non-hydrogen) atoms. The third kappa shape index (κ3) is 6.63. The van der Waals surface area contributed by atoms with E-state index in [2.05, 4.69) is 20.4 Å². The van der Waals surface area contributed by atoms with Gasteiger partial charge in [0.2, 0.25) is 0 Å². The smallest absolute Gasteiger partial charge is 0.469 e. The quantitative estimate of drug-likeness (QED) is 0.369. The number of aliphatic imine (C=N–C) groups is 1. The summed E-state index contributed by atoms with van der Waals surface area (Å²) in [5.41, 5.74) is -5.26. The highest BCUT2D eigenvalue weighted by Gasteiger charge is 2.50. The number of carbonyl (C=O) groups is 1. The van der Waals surface area contributed by atoms with E-state index < -0.39 is 15.5 Å². The third-order valence-electron chi connectivity index (χ3n) is 3.91. The minimum Gasteiger partial charge on any atom is -0.469 e. The van der Waals surface area contributed by atoms with Gasteiger partial charge in [0.25, 0.3) is 0 Å². The average molecular weight is 402 g/mol. The fourth-order valence-electron chi connectivity index (χ4n) is 2.43. The van der Waals surface area contributed by atoms with Crippen LogP contribution in [0.1, 0.15) is 26.2 Å². The molecule has 0 aromatic rings. The van der Waals surface area contributed by atoms with Crippen LogP contribution in [0.2, 0.25) is 0 Å². The minimum absolute atomic E-state index is 0.00857. The molecule has 1 aliphatic heterocycles. The van der Waals surface area contributed by atoms with Crippen LogP contribution in [0.5, 0.6) is 0 Å². The molecule has 1 aliphatic rings. The normalized spacial score (nSPS) is 17.8. The predicted molar refractivity (Wildman–Crippen MR) is 89.9 cm³/mol. The van der Waals surface area contributed by atoms with Crippen molar-refractivity contribution >= 4 is 22.0 Å². The standard InChI is InChI=1S/C14H25F3N4O4S/c1-3-18-13(19-7-4-12(22)25-2)20-10-11-5-8-21(9-6-11)26(23,24)14(15,16)17/h11H,3-10H2,1-2H3,(H2,18,19,20). The Morgan fingerprint density at radius 1 is 1.27 bits per heavy atom. The zero-order valence-corrected chi connectivity index (χ0v) is 15.6. The molecule has 0 amide bonds. The zero-order chi connectivity index (χ0) is 19.8. The molecule has 0 atom stereocenters. The molecule has 0 saturated carbocycles. The van der Waals surface area contributed by atoms with Gasteiger partial charge in [-0.15, -0.1) is 0 Å². The first kappa shape index (κ1) is 22.5. The molecule has 1 heterocycles. The van der Waals surface area contributed by atoms with E-state index in [0.29, 0.717) is 42.7 Å². The molecule has 1 rings (SSSR count). The largest absolute Gasteiger partial charge is 0.511 e. The van der Waals surface area contributed by atoms with Gasteiger partial charge in [-0.05, 0) is 25.7 Å². The number of halogens is 3. The first-order valence-electron chi connectivity index (χ1n) is 8.27. The lowest BCUT2D eigenvalue weighted by Gasteiger charge is -2.30. The Morgan fingerprint density at radius 3 is 2.38 bits per heavy atom. The van der Waals surface area contributed by atoms with Crippen molar-refractivity contribution in [1.82, 2.24) is 14.9 Å². The van der Waals surface area contributed by atoms with Crippen molar-refractivity contribution in [1.29, 1.82) is 0 Å². The second kappa shape index (κ2) is 9.95. The summed E-state index contributed by atoms with van der Waals surface area (Å²) in [5, 5.41) is 5.96. The van der Waals surface area contributed by atoms with E-state index in [1.54, 1.807) is 0 Å². The van der Waals surface area contributed by atoms with Crippen molar-refractivity contribution in [2.75, 3.05) is 39.8 Å². The predicted octanol–water partition coefficient (Wildman–Crippen LogP) is 0.666. The van der Waals surface area contributed by atoms with Crippen LogP contribution in [-0.2, 0) is 19.6 Å². The van der Waals surface area contributed by atoms with Crippen LogP contribution >= 0.6 is 0 Å². The number of hydrogen-bond donors (Lipinski definition) is 2. The molecule has 1 fully saturated rings. The van der Waals surface area contributed by atoms with Crippen molar-refractivity contribution in [3.8, 4) is 0 Å². The molecule has 0 spiro atoms. The van der Waals surface area contributed by atoms with E-state index in [4.69, 9.17) is 0 Å². The molecule has 0 radical (unpaired) electrons. The van der Waals surface area contributed by atoms with Crippen LogP contribution in [0.25, 0.3) is 0 Å². The summed E-state index contributed by atoms with van der Waals surface area (Å²) in [7, 11) is -3.96. The van der Waals surface area contributed by atoms with Gasteiger partial charge < -0.3 is 15.4 Å². The van der Waals surface area contributed by atoms with Gasteiger partial charge >= 0.3 is 21.5 Å². The van der Waals surface area contributed by atoms with Gasteiger partial charge in [0.05, 0.1) is 13.5 Å². The van der Waals surface area contributed by atoms with Gasteiger partial charge in [0.15, 0.2) is 5.96 Å². The molecule has 0 aromatic heterocycles. The maximum absolute atomic E-state index is 12.6. The highest BCUT2D eigenvalue weighted by molar-refractivity contribution is 7.90. The van der Waals surface area contributed by atoms with Crippen LogP contribution < -0.4 is 10.6 Å². The number of alkyl halides is 3. The molecule has 12 heteroatoms. The molecule has 1 saturated heterocycles. The van der Waals surface area contributed by atoms with Crippen LogP contribution in [0.3, 0.4) is 0 Å². The second-order valence-corrected chi connectivity index (χ2v) is 7.70. The Balaban J connectivity index is 2.51. The molecule has 152 valence electrons. The molecule has 8 nitrogen and oxygen atoms in total. The van der Waals surface area contributed by atoms with Crippen LogP contribution in [0.4, 0.5) is 13.2 Å². The topological polar surface area (TPSA) is 100 Å². The van der Waals surface area contributed by atoms with Crippen molar-refractivity contribution in [3.63, 3.8) is 0 Å². The lowest BCUT2D eigenvalue weighted by Crippen LogP contribution is -2.45. The number of guanidine groups is 1. The summed E-state index contributed by atoms with van der Waals surface area (Å²) in [4.78, 5) is 15.4. The van der Waals surface area contributed by atoms with E-state index in [9.17, 15) is 26.4 Å². The minimum atomic E-state index is -5.26. The lowest BCUT2D eigenvalue weighted by atomic mass is 9.98. The van der Waals surface area contributed by atoms with Crippen LogP contribution in [0.15, 0.2) is 4.99 Å². The number of ether oxygens (including phenoxy) is 1. The number of nitrogens with zero attached hydrogens (tertiary/aromatic N) is 2. The summed E-state index contributed by atoms with van der Waals surface area (Å²) in [5.74, 6) is 0.124. The number of hydrogen-bond acceptors (Lipinski definition) is 5. The molecular formula is C14H25F3N4O4S. The van der Waals surface area contributed by atoms with Crippen LogP contribution in [-0.4, -0.2) is 70.0 Å². The first-order chi connectivity index (χ1) is 12.1. The van der Waals surface area contributed by atoms with E-state index in [1.807, 2.05) is 6.92 Å². The van der Waals surface area contributed by atoms with E-state index in [-0.39, 0.29) is 31.4 Å². The molecule has 0 unspecified atom stereocenters. The summed E-state index contributed by atoms with van der Waals surface area (Å²) in [6.07, 6.45) is 0.787. The van der Waals surface area contributed by atoms with Gasteiger partial charge in [-0.2, -0.15) is 17.5 Å². The van der Waals surface area contributed by atoms with E-state index >= 15 is 0 Å². The van der Waals surface area contributed by atoms with Crippen molar-refractivity contribution < 1.29 is 31.1 Å². The number of nitrogens with one attached hydrogen (secondary N) is 2. The highest BCUT2D eigenvalue weighted by atomic mass is 32.2. The Morgan fingerprint density at radius 2 is 1.88 bits per heavy atom. The van der Waals surface area contributed by atoms with Gasteiger partial charge in [-0.3, -0.25) is 9.79 Å². The SMILES string of the molecule is CCNC(=NCC1CCN(S(=O)(=O)C(F)(F)F)CC1)NCCC(=O)OC. The molecule has 2 N–H and O–H groups in total. The number of esters is 1. The summed E-state index contributed by atoms with van der Waals surface area (Å²) < 4.78 is 65.4. The fraction of sp³-hybridized carbons (Fsp3) is 0.857.